The number of aryl methyl sites for hydroxylation is 1. The third kappa shape index (κ3) is 2.61. The Morgan fingerprint density at radius 3 is 2.88 bits per heavy atom. The molecule has 0 atom stereocenters. The summed E-state index contributed by atoms with van der Waals surface area (Å²) >= 11 is 0. The van der Waals surface area contributed by atoms with Gasteiger partial charge in [-0.15, -0.1) is 5.10 Å². The van der Waals surface area contributed by atoms with Gasteiger partial charge in [-0.2, -0.15) is 5.10 Å². The lowest BCUT2D eigenvalue weighted by Crippen LogP contribution is -2.16. The number of benzene rings is 1. The van der Waals surface area contributed by atoms with Gasteiger partial charge in [-0.25, -0.2) is 9.20 Å². The van der Waals surface area contributed by atoms with Crippen molar-refractivity contribution in [3.05, 3.63) is 72.1 Å². The molecule has 0 aliphatic carbocycles. The lowest BCUT2D eigenvalue weighted by molar-refractivity contribution is 0.102. The van der Waals surface area contributed by atoms with E-state index >= 15 is 0 Å². The summed E-state index contributed by atoms with van der Waals surface area (Å²) in [5, 5.41) is 11.3. The van der Waals surface area contributed by atoms with Crippen LogP contribution in [-0.4, -0.2) is 25.3 Å². The quantitative estimate of drug-likeness (QED) is 0.603. The lowest BCUT2D eigenvalue weighted by atomic mass is 10.2. The van der Waals surface area contributed by atoms with E-state index in [1.54, 1.807) is 33.7 Å². The molecule has 0 spiro atoms. The number of amides is 1. The Hall–Kier alpha value is -3.61. The fourth-order valence-electron chi connectivity index (χ4n) is 2.79. The molecule has 0 bridgehead atoms. The first-order valence-corrected chi connectivity index (χ1v) is 7.79. The van der Waals surface area contributed by atoms with Crippen LogP contribution in [0.15, 0.2) is 60.9 Å². The van der Waals surface area contributed by atoms with Crippen LogP contribution in [-0.2, 0) is 0 Å². The summed E-state index contributed by atoms with van der Waals surface area (Å²) in [6.45, 7) is 2.00. The molecule has 0 saturated heterocycles. The smallest absolute Gasteiger partial charge is 0.262 e. The molecule has 0 aliphatic rings. The molecular weight excluding hydrogens is 316 g/mol. The maximum atomic E-state index is 12.8. The van der Waals surface area contributed by atoms with Gasteiger partial charge in [0.1, 0.15) is 11.4 Å². The maximum absolute atomic E-state index is 12.8. The first kappa shape index (κ1) is 14.9. The van der Waals surface area contributed by atoms with Crippen LogP contribution in [0.3, 0.4) is 0 Å². The molecule has 0 unspecified atom stereocenters. The van der Waals surface area contributed by atoms with Gasteiger partial charge in [0.25, 0.3) is 5.91 Å². The number of aromatic nitrogens is 4. The second-order valence-electron chi connectivity index (χ2n) is 5.71. The fraction of sp³-hybridized carbons (Fsp3) is 0.0556. The number of nitrogens with one attached hydrogen (secondary N) is 1. The molecule has 4 aromatic rings. The topological polar surface area (TPSA) is 90.2 Å². The first-order chi connectivity index (χ1) is 12.1. The minimum absolute atomic E-state index is 0.185. The van der Waals surface area contributed by atoms with Crippen molar-refractivity contribution >= 4 is 23.1 Å². The van der Waals surface area contributed by atoms with Crippen LogP contribution in [0.5, 0.6) is 0 Å². The lowest BCUT2D eigenvalue weighted by Gasteiger charge is -2.09. The molecular formula is C18H16N6O. The molecule has 3 aromatic heterocycles. The molecule has 3 N–H and O–H groups in total. The van der Waals surface area contributed by atoms with Gasteiger partial charge in [-0.1, -0.05) is 18.2 Å². The summed E-state index contributed by atoms with van der Waals surface area (Å²) in [7, 11) is 0. The average Bonchev–Trinajstić information content (AvgIpc) is 3.17. The van der Waals surface area contributed by atoms with Crippen molar-refractivity contribution in [1.29, 1.82) is 0 Å². The zero-order chi connectivity index (χ0) is 17.4. The number of anilines is 2. The van der Waals surface area contributed by atoms with Crippen molar-refractivity contribution in [3.63, 3.8) is 0 Å². The molecule has 25 heavy (non-hydrogen) atoms. The molecule has 0 aliphatic heterocycles. The van der Waals surface area contributed by atoms with E-state index in [9.17, 15) is 4.79 Å². The van der Waals surface area contributed by atoms with Gasteiger partial charge in [0.15, 0.2) is 5.82 Å². The molecule has 1 amide bonds. The number of carbonyl (C=O) groups excluding carboxylic acids is 1. The van der Waals surface area contributed by atoms with Crippen molar-refractivity contribution in [2.45, 2.75) is 6.92 Å². The van der Waals surface area contributed by atoms with Crippen molar-refractivity contribution in [2.24, 2.45) is 0 Å². The number of pyridine rings is 1. The number of rotatable bonds is 3. The van der Waals surface area contributed by atoms with Gasteiger partial charge < -0.3 is 11.1 Å². The number of nitrogens with zero attached hydrogens (tertiary/aromatic N) is 4. The monoisotopic (exact) mass is 332 g/mol. The molecule has 3 heterocycles. The predicted octanol–water partition coefficient (Wildman–Crippen LogP) is 2.66. The first-order valence-electron chi connectivity index (χ1n) is 7.79. The summed E-state index contributed by atoms with van der Waals surface area (Å²) < 4.78 is 3.26. The van der Waals surface area contributed by atoms with E-state index in [0.717, 1.165) is 11.3 Å². The molecule has 0 saturated carbocycles. The predicted molar refractivity (Wildman–Crippen MR) is 95.9 cm³/mol. The minimum atomic E-state index is -0.326. The van der Waals surface area contributed by atoms with E-state index in [1.807, 2.05) is 43.3 Å². The van der Waals surface area contributed by atoms with E-state index in [1.165, 1.54) is 0 Å². The average molecular weight is 332 g/mol. The number of hydrogen-bond donors (Lipinski definition) is 2. The summed E-state index contributed by atoms with van der Waals surface area (Å²) in [4.78, 5) is 12.8. The zero-order valence-corrected chi connectivity index (χ0v) is 13.5. The van der Waals surface area contributed by atoms with Gasteiger partial charge in [-0.3, -0.25) is 4.79 Å². The molecule has 1 aromatic carbocycles. The highest BCUT2D eigenvalue weighted by molar-refractivity contribution is 6.11. The van der Waals surface area contributed by atoms with Gasteiger partial charge in [-0.05, 0) is 36.8 Å². The third-order valence-electron chi connectivity index (χ3n) is 3.92. The second-order valence-corrected chi connectivity index (χ2v) is 5.71. The summed E-state index contributed by atoms with van der Waals surface area (Å²) in [5.41, 5.74) is 8.91. The SMILES string of the molecule is Cc1cccc(-n2nccc2NC(=O)c2c(N)nn3ccccc23)c1. The summed E-state index contributed by atoms with van der Waals surface area (Å²) in [6.07, 6.45) is 3.39. The van der Waals surface area contributed by atoms with Crippen LogP contribution in [0.4, 0.5) is 11.6 Å². The number of fused-ring (bicyclic) bond motifs is 1. The van der Waals surface area contributed by atoms with Crippen LogP contribution in [0.1, 0.15) is 15.9 Å². The Bertz CT molecular complexity index is 1080. The summed E-state index contributed by atoms with van der Waals surface area (Å²) in [5.74, 6) is 0.420. The van der Waals surface area contributed by atoms with Gasteiger partial charge in [0.2, 0.25) is 0 Å². The second kappa shape index (κ2) is 5.79. The van der Waals surface area contributed by atoms with E-state index in [0.29, 0.717) is 16.9 Å². The van der Waals surface area contributed by atoms with Crippen molar-refractivity contribution < 1.29 is 4.79 Å². The number of hydrogen-bond acceptors (Lipinski definition) is 4. The standard InChI is InChI=1S/C18H16N6O/c1-12-5-4-6-13(11-12)24-15(8-9-20-24)21-18(25)16-14-7-2-3-10-23(14)22-17(16)19/h2-11H,1H3,(H2,19,22)(H,21,25). The van der Waals surface area contributed by atoms with E-state index in [2.05, 4.69) is 15.5 Å². The van der Waals surface area contributed by atoms with Crippen LogP contribution < -0.4 is 11.1 Å². The Kier molecular flexibility index (Phi) is 3.46. The van der Waals surface area contributed by atoms with Crippen LogP contribution in [0.2, 0.25) is 0 Å². The Balaban J connectivity index is 1.70. The van der Waals surface area contributed by atoms with E-state index in [4.69, 9.17) is 5.73 Å². The zero-order valence-electron chi connectivity index (χ0n) is 13.5. The molecule has 7 nitrogen and oxygen atoms in total. The number of carbonyl (C=O) groups is 1. The molecule has 7 heteroatoms. The normalized spacial score (nSPS) is 10.9. The van der Waals surface area contributed by atoms with Gasteiger partial charge >= 0.3 is 0 Å². The Morgan fingerprint density at radius 2 is 2.04 bits per heavy atom. The van der Waals surface area contributed by atoms with E-state index < -0.39 is 0 Å². The van der Waals surface area contributed by atoms with Crippen LogP contribution in [0.25, 0.3) is 11.2 Å². The van der Waals surface area contributed by atoms with Crippen LogP contribution >= 0.6 is 0 Å². The summed E-state index contributed by atoms with van der Waals surface area (Å²) in [6, 6.07) is 15.1. The molecule has 124 valence electrons. The highest BCUT2D eigenvalue weighted by atomic mass is 16.1. The third-order valence-corrected chi connectivity index (χ3v) is 3.92. The van der Waals surface area contributed by atoms with Gasteiger partial charge in [0, 0.05) is 12.3 Å². The van der Waals surface area contributed by atoms with Gasteiger partial charge in [0.05, 0.1) is 17.4 Å². The fourth-order valence-corrected chi connectivity index (χ4v) is 2.79. The van der Waals surface area contributed by atoms with E-state index in [-0.39, 0.29) is 11.7 Å². The Morgan fingerprint density at radius 1 is 1.16 bits per heavy atom. The highest BCUT2D eigenvalue weighted by Gasteiger charge is 2.19. The number of nitrogens with two attached hydrogens (primary N) is 1. The number of nitrogen functional groups attached to an aromatic ring is 1. The highest BCUT2D eigenvalue weighted by Crippen LogP contribution is 2.21. The van der Waals surface area contributed by atoms with Crippen molar-refractivity contribution in [1.82, 2.24) is 19.4 Å². The molecule has 0 radical (unpaired) electrons. The maximum Gasteiger partial charge on any atom is 0.262 e. The van der Waals surface area contributed by atoms with Crippen molar-refractivity contribution in [2.75, 3.05) is 11.1 Å². The minimum Gasteiger partial charge on any atom is -0.382 e. The largest absolute Gasteiger partial charge is 0.382 e. The van der Waals surface area contributed by atoms with Crippen LogP contribution in [0, 0.1) is 6.92 Å². The molecule has 0 fully saturated rings. The Labute approximate surface area is 143 Å². The molecule has 4 rings (SSSR count). The van der Waals surface area contributed by atoms with Crippen molar-refractivity contribution in [3.8, 4) is 5.69 Å².